The van der Waals surface area contributed by atoms with E-state index < -0.39 is 0 Å². The van der Waals surface area contributed by atoms with Gasteiger partial charge in [0.05, 0.1) is 30.0 Å². The topological polar surface area (TPSA) is 88.1 Å². The average Bonchev–Trinajstić information content (AvgIpc) is 3.28. The molecule has 1 heterocycles. The van der Waals surface area contributed by atoms with Gasteiger partial charge in [0.2, 0.25) is 5.89 Å². The van der Waals surface area contributed by atoms with Gasteiger partial charge in [-0.15, -0.1) is 0 Å². The van der Waals surface area contributed by atoms with E-state index in [0.29, 0.717) is 45.1 Å². The Hall–Kier alpha value is -4.63. The molecule has 0 bridgehead atoms. The van der Waals surface area contributed by atoms with Gasteiger partial charge in [-0.25, -0.2) is 4.98 Å². The number of nitrogens with one attached hydrogen (secondary N) is 1. The van der Waals surface area contributed by atoms with Gasteiger partial charge in [-0.3, -0.25) is 4.79 Å². The second-order valence-electron chi connectivity index (χ2n) is 7.18. The first-order valence-corrected chi connectivity index (χ1v) is 9.95. The van der Waals surface area contributed by atoms with E-state index in [2.05, 4.69) is 11.4 Å². The van der Waals surface area contributed by atoms with Gasteiger partial charge < -0.3 is 14.5 Å². The van der Waals surface area contributed by atoms with Crippen molar-refractivity contribution in [2.45, 2.75) is 0 Å². The highest BCUT2D eigenvalue weighted by Crippen LogP contribution is 2.34. The maximum atomic E-state index is 12.8. The summed E-state index contributed by atoms with van der Waals surface area (Å²) in [4.78, 5) is 17.5. The van der Waals surface area contributed by atoms with E-state index >= 15 is 0 Å². The number of amides is 1. The number of para-hydroxylation sites is 1. The van der Waals surface area contributed by atoms with E-state index in [9.17, 15) is 10.1 Å². The Bertz CT molecular complexity index is 1510. The van der Waals surface area contributed by atoms with E-state index in [0.717, 1.165) is 10.8 Å². The van der Waals surface area contributed by atoms with Crippen LogP contribution < -0.4 is 10.1 Å². The highest BCUT2D eigenvalue weighted by atomic mass is 16.5. The molecular weight excluding hydrogens is 402 g/mol. The smallest absolute Gasteiger partial charge is 0.255 e. The average molecular weight is 419 g/mol. The second-order valence-corrected chi connectivity index (χ2v) is 7.18. The summed E-state index contributed by atoms with van der Waals surface area (Å²) in [7, 11) is 1.58. The molecule has 32 heavy (non-hydrogen) atoms. The van der Waals surface area contributed by atoms with Crippen molar-refractivity contribution in [2.24, 2.45) is 0 Å². The summed E-state index contributed by atoms with van der Waals surface area (Å²) in [6.45, 7) is 0. The summed E-state index contributed by atoms with van der Waals surface area (Å²) in [6.07, 6.45) is 0. The number of methoxy groups -OCH3 is 1. The molecule has 0 aliphatic rings. The number of benzene rings is 4. The number of ether oxygens (including phenoxy) is 1. The Morgan fingerprint density at radius 2 is 1.72 bits per heavy atom. The Morgan fingerprint density at radius 3 is 2.47 bits per heavy atom. The van der Waals surface area contributed by atoms with Crippen molar-refractivity contribution in [1.82, 2.24) is 4.98 Å². The van der Waals surface area contributed by atoms with Crippen LogP contribution >= 0.6 is 0 Å². The summed E-state index contributed by atoms with van der Waals surface area (Å²) >= 11 is 0. The summed E-state index contributed by atoms with van der Waals surface area (Å²) in [5, 5.41) is 14.1. The largest absolute Gasteiger partial charge is 0.497 e. The molecule has 6 nitrogen and oxygen atoms in total. The van der Waals surface area contributed by atoms with Gasteiger partial charge in [0.1, 0.15) is 11.3 Å². The van der Waals surface area contributed by atoms with E-state index in [1.54, 1.807) is 43.5 Å². The zero-order valence-electron chi connectivity index (χ0n) is 17.1. The van der Waals surface area contributed by atoms with Gasteiger partial charge in [0.25, 0.3) is 5.91 Å². The van der Waals surface area contributed by atoms with Crippen LogP contribution in [0.2, 0.25) is 0 Å². The molecule has 1 amide bonds. The number of anilines is 1. The van der Waals surface area contributed by atoms with E-state index in [4.69, 9.17) is 14.1 Å². The molecule has 0 fully saturated rings. The van der Waals surface area contributed by atoms with Crippen molar-refractivity contribution in [1.29, 1.82) is 5.26 Å². The summed E-state index contributed by atoms with van der Waals surface area (Å²) in [6, 6.07) is 25.7. The molecule has 0 spiro atoms. The van der Waals surface area contributed by atoms with Crippen molar-refractivity contribution in [3.63, 3.8) is 0 Å². The zero-order valence-corrected chi connectivity index (χ0v) is 17.1. The molecule has 4 aromatic carbocycles. The van der Waals surface area contributed by atoms with Gasteiger partial charge in [-0.1, -0.05) is 36.4 Å². The summed E-state index contributed by atoms with van der Waals surface area (Å²) in [5.41, 5.74) is 3.44. The van der Waals surface area contributed by atoms with E-state index in [1.807, 2.05) is 42.5 Å². The number of fused-ring (bicyclic) bond motifs is 3. The number of hydrogen-bond donors (Lipinski definition) is 1. The van der Waals surface area contributed by atoms with Crippen molar-refractivity contribution in [3.8, 4) is 23.3 Å². The fourth-order valence-electron chi connectivity index (χ4n) is 3.68. The Morgan fingerprint density at radius 1 is 1.00 bits per heavy atom. The number of aromatic nitrogens is 1. The maximum Gasteiger partial charge on any atom is 0.255 e. The van der Waals surface area contributed by atoms with E-state index in [-0.39, 0.29) is 5.91 Å². The first-order valence-electron chi connectivity index (χ1n) is 9.95. The Kier molecular flexibility index (Phi) is 4.77. The number of hydrogen-bond acceptors (Lipinski definition) is 5. The summed E-state index contributed by atoms with van der Waals surface area (Å²) in [5.74, 6) is 0.789. The van der Waals surface area contributed by atoms with Crippen LogP contribution in [0.3, 0.4) is 0 Å². The molecule has 0 aliphatic carbocycles. The quantitative estimate of drug-likeness (QED) is 0.399. The molecule has 5 aromatic rings. The number of carbonyl (C=O) groups is 1. The van der Waals surface area contributed by atoms with Crippen LogP contribution in [0.25, 0.3) is 33.3 Å². The molecule has 0 aliphatic heterocycles. The predicted octanol–water partition coefficient (Wildman–Crippen LogP) is 5.78. The van der Waals surface area contributed by atoms with Gasteiger partial charge in [-0.2, -0.15) is 5.26 Å². The lowest BCUT2D eigenvalue weighted by molar-refractivity contribution is 0.102. The van der Waals surface area contributed by atoms with Crippen molar-refractivity contribution in [2.75, 3.05) is 12.4 Å². The van der Waals surface area contributed by atoms with Gasteiger partial charge in [0, 0.05) is 22.4 Å². The molecule has 0 radical (unpaired) electrons. The molecule has 0 saturated heterocycles. The lowest BCUT2D eigenvalue weighted by Gasteiger charge is -2.09. The van der Waals surface area contributed by atoms with Gasteiger partial charge in [-0.05, 0) is 36.4 Å². The van der Waals surface area contributed by atoms with Crippen LogP contribution in [0.4, 0.5) is 5.69 Å². The number of rotatable bonds is 4. The van der Waals surface area contributed by atoms with Crippen LogP contribution in [0.5, 0.6) is 5.75 Å². The fraction of sp³-hybridized carbons (Fsp3) is 0.0385. The maximum absolute atomic E-state index is 12.8. The minimum Gasteiger partial charge on any atom is -0.497 e. The normalized spacial score (nSPS) is 10.8. The standard InChI is InChI=1S/C26H17N3O3/c1-31-18-12-10-16(11-13-18)25(30)28-22-9-5-4-8-21(22)26-29-24-20-7-3-2-6-19(20)17(15-27)14-23(24)32-26/h2-14H,1H3,(H,28,30). The van der Waals surface area contributed by atoms with Crippen LogP contribution in [-0.4, -0.2) is 18.0 Å². The molecule has 1 aromatic heterocycles. The zero-order chi connectivity index (χ0) is 22.1. The van der Waals surface area contributed by atoms with Crippen LogP contribution in [0, 0.1) is 11.3 Å². The minimum absolute atomic E-state index is 0.256. The third kappa shape index (κ3) is 3.32. The SMILES string of the molecule is COc1ccc(C(=O)Nc2ccccc2-c2nc3c(cc(C#N)c4ccccc43)o2)cc1. The first kappa shape index (κ1) is 19.3. The predicted molar refractivity (Wildman–Crippen MR) is 123 cm³/mol. The van der Waals surface area contributed by atoms with Crippen LogP contribution in [-0.2, 0) is 0 Å². The number of nitrogens with zero attached hydrogens (tertiary/aromatic N) is 2. The number of oxazole rings is 1. The Labute approximate surface area is 183 Å². The molecule has 1 N–H and O–H groups in total. The van der Waals surface area contributed by atoms with Crippen molar-refractivity contribution >= 4 is 33.5 Å². The fourth-order valence-corrected chi connectivity index (χ4v) is 3.68. The van der Waals surface area contributed by atoms with Crippen molar-refractivity contribution < 1.29 is 13.9 Å². The highest BCUT2D eigenvalue weighted by Gasteiger charge is 2.17. The van der Waals surface area contributed by atoms with Crippen LogP contribution in [0.15, 0.2) is 83.3 Å². The van der Waals surface area contributed by atoms with Crippen LogP contribution in [0.1, 0.15) is 15.9 Å². The van der Waals surface area contributed by atoms with Gasteiger partial charge >= 0.3 is 0 Å². The molecule has 5 rings (SSSR count). The Balaban J connectivity index is 1.57. The lowest BCUT2D eigenvalue weighted by atomic mass is 10.0. The third-order valence-electron chi connectivity index (χ3n) is 5.28. The first-order chi connectivity index (χ1) is 15.7. The molecule has 0 unspecified atom stereocenters. The third-order valence-corrected chi connectivity index (χ3v) is 5.28. The minimum atomic E-state index is -0.256. The molecule has 0 atom stereocenters. The molecule has 6 heteroatoms. The number of nitriles is 1. The lowest BCUT2D eigenvalue weighted by Crippen LogP contribution is -2.12. The molecular formula is C26H17N3O3. The molecule has 154 valence electrons. The summed E-state index contributed by atoms with van der Waals surface area (Å²) < 4.78 is 11.2. The highest BCUT2D eigenvalue weighted by molar-refractivity contribution is 6.08. The number of carbonyl (C=O) groups excluding carboxylic acids is 1. The van der Waals surface area contributed by atoms with E-state index in [1.165, 1.54) is 0 Å². The monoisotopic (exact) mass is 419 g/mol. The molecule has 0 saturated carbocycles. The van der Waals surface area contributed by atoms with Crippen molar-refractivity contribution in [3.05, 3.63) is 90.0 Å². The van der Waals surface area contributed by atoms with Gasteiger partial charge in [0.15, 0.2) is 5.58 Å². The second kappa shape index (κ2) is 7.89.